The van der Waals surface area contributed by atoms with Crippen molar-refractivity contribution in [3.05, 3.63) is 20.3 Å². The Morgan fingerprint density at radius 1 is 1.65 bits per heavy atom. The van der Waals surface area contributed by atoms with Gasteiger partial charge < -0.3 is 10.5 Å². The summed E-state index contributed by atoms with van der Waals surface area (Å²) in [6.45, 7) is 5.74. The molecule has 0 spiro atoms. The van der Waals surface area contributed by atoms with Crippen LogP contribution in [0.4, 0.5) is 0 Å². The summed E-state index contributed by atoms with van der Waals surface area (Å²) in [5.41, 5.74) is 6.76. The van der Waals surface area contributed by atoms with Crippen LogP contribution >= 0.6 is 27.3 Å². The summed E-state index contributed by atoms with van der Waals surface area (Å²) in [5, 5.41) is 0. The standard InChI is InChI=1S/C12H18BrNO2S/c1-7-5-9(17-10(7)13)8(14)6-12(2,3)11(15)16-4/h5,8H,6,14H2,1-4H3. The van der Waals surface area contributed by atoms with Crippen molar-refractivity contribution in [1.29, 1.82) is 0 Å². The summed E-state index contributed by atoms with van der Waals surface area (Å²) in [6.07, 6.45) is 0.575. The number of nitrogens with two attached hydrogens (primary N) is 1. The average Bonchev–Trinajstić information content (AvgIpc) is 2.57. The Labute approximate surface area is 114 Å². The molecule has 0 bridgehead atoms. The summed E-state index contributed by atoms with van der Waals surface area (Å²) < 4.78 is 5.88. The monoisotopic (exact) mass is 319 g/mol. The molecule has 1 unspecified atom stereocenters. The topological polar surface area (TPSA) is 52.3 Å². The van der Waals surface area contributed by atoms with Crippen LogP contribution in [0, 0.1) is 12.3 Å². The normalized spacial score (nSPS) is 13.5. The van der Waals surface area contributed by atoms with E-state index in [-0.39, 0.29) is 12.0 Å². The Kier molecular flexibility index (Phi) is 4.75. The van der Waals surface area contributed by atoms with Crippen molar-refractivity contribution in [3.63, 3.8) is 0 Å². The van der Waals surface area contributed by atoms with Gasteiger partial charge in [0.2, 0.25) is 0 Å². The summed E-state index contributed by atoms with van der Waals surface area (Å²) in [6, 6.07) is 1.92. The van der Waals surface area contributed by atoms with E-state index in [0.717, 1.165) is 8.66 Å². The van der Waals surface area contributed by atoms with E-state index in [1.807, 2.05) is 20.8 Å². The zero-order valence-electron chi connectivity index (χ0n) is 10.5. The van der Waals surface area contributed by atoms with Crippen LogP contribution in [0.1, 0.15) is 36.8 Å². The van der Waals surface area contributed by atoms with Gasteiger partial charge in [-0.05, 0) is 54.8 Å². The SMILES string of the molecule is COC(=O)C(C)(C)CC(N)c1cc(C)c(Br)s1. The van der Waals surface area contributed by atoms with Crippen molar-refractivity contribution in [1.82, 2.24) is 0 Å². The molecule has 0 aliphatic rings. The van der Waals surface area contributed by atoms with Gasteiger partial charge in [-0.2, -0.15) is 0 Å². The number of rotatable bonds is 4. The lowest BCUT2D eigenvalue weighted by molar-refractivity contribution is -0.151. The molecule has 0 amide bonds. The van der Waals surface area contributed by atoms with Crippen molar-refractivity contribution in [2.24, 2.45) is 11.1 Å². The second-order valence-electron chi connectivity index (χ2n) is 4.79. The number of aryl methyl sites for hydroxylation is 1. The molecular weight excluding hydrogens is 302 g/mol. The fourth-order valence-electron chi connectivity index (χ4n) is 1.68. The highest BCUT2D eigenvalue weighted by Crippen LogP contribution is 2.36. The van der Waals surface area contributed by atoms with E-state index in [1.165, 1.54) is 12.7 Å². The van der Waals surface area contributed by atoms with E-state index in [2.05, 4.69) is 22.0 Å². The van der Waals surface area contributed by atoms with Crippen molar-refractivity contribution in [3.8, 4) is 0 Å². The summed E-state index contributed by atoms with van der Waals surface area (Å²) in [4.78, 5) is 12.7. The van der Waals surface area contributed by atoms with Crippen LogP contribution in [0.25, 0.3) is 0 Å². The minimum atomic E-state index is -0.557. The molecule has 0 fully saturated rings. The third-order valence-electron chi connectivity index (χ3n) is 2.71. The van der Waals surface area contributed by atoms with E-state index >= 15 is 0 Å². The van der Waals surface area contributed by atoms with Gasteiger partial charge in [0.1, 0.15) is 0 Å². The zero-order chi connectivity index (χ0) is 13.2. The minimum absolute atomic E-state index is 0.140. The van der Waals surface area contributed by atoms with E-state index in [1.54, 1.807) is 11.3 Å². The average molecular weight is 320 g/mol. The van der Waals surface area contributed by atoms with Gasteiger partial charge in [-0.25, -0.2) is 0 Å². The molecule has 1 aromatic heterocycles. The first-order chi connectivity index (χ1) is 7.77. The largest absolute Gasteiger partial charge is 0.469 e. The summed E-state index contributed by atoms with van der Waals surface area (Å²) in [7, 11) is 1.40. The molecule has 1 heterocycles. The first-order valence-corrected chi connectivity index (χ1v) is 6.98. The predicted molar refractivity (Wildman–Crippen MR) is 74.1 cm³/mol. The van der Waals surface area contributed by atoms with Crippen molar-refractivity contribution >= 4 is 33.2 Å². The lowest BCUT2D eigenvalue weighted by atomic mass is 9.85. The number of carbonyl (C=O) groups is 1. The third-order valence-corrected chi connectivity index (χ3v) is 4.98. The Hall–Kier alpha value is -0.390. The highest BCUT2D eigenvalue weighted by atomic mass is 79.9. The van der Waals surface area contributed by atoms with E-state index in [4.69, 9.17) is 10.5 Å². The Bertz CT molecular complexity index is 395. The van der Waals surface area contributed by atoms with E-state index < -0.39 is 5.41 Å². The van der Waals surface area contributed by atoms with E-state index in [0.29, 0.717) is 6.42 Å². The lowest BCUT2D eigenvalue weighted by Crippen LogP contribution is -2.29. The molecule has 0 saturated heterocycles. The van der Waals surface area contributed by atoms with Crippen LogP contribution < -0.4 is 5.73 Å². The number of ether oxygens (including phenoxy) is 1. The molecule has 17 heavy (non-hydrogen) atoms. The maximum Gasteiger partial charge on any atom is 0.311 e. The van der Waals surface area contributed by atoms with Gasteiger partial charge >= 0.3 is 5.97 Å². The van der Waals surface area contributed by atoms with Crippen LogP contribution in [0.2, 0.25) is 0 Å². The molecule has 1 aromatic rings. The quantitative estimate of drug-likeness (QED) is 0.865. The number of thiophene rings is 1. The van der Waals surface area contributed by atoms with Crippen LogP contribution in [0.15, 0.2) is 9.85 Å². The molecule has 1 atom stereocenters. The van der Waals surface area contributed by atoms with E-state index in [9.17, 15) is 4.79 Å². The van der Waals surface area contributed by atoms with Crippen LogP contribution in [0.5, 0.6) is 0 Å². The molecule has 0 aliphatic carbocycles. The van der Waals surface area contributed by atoms with Gasteiger partial charge in [0.05, 0.1) is 16.3 Å². The maximum absolute atomic E-state index is 11.6. The number of esters is 1. The fraction of sp³-hybridized carbons (Fsp3) is 0.583. The molecule has 0 saturated carbocycles. The number of hydrogen-bond donors (Lipinski definition) is 1. The second-order valence-corrected chi connectivity index (χ2v) is 7.19. The summed E-state index contributed by atoms with van der Waals surface area (Å²) in [5.74, 6) is -0.222. The third kappa shape index (κ3) is 3.53. The smallest absolute Gasteiger partial charge is 0.311 e. The Morgan fingerprint density at radius 2 is 2.24 bits per heavy atom. The molecule has 1 rings (SSSR count). The number of hydrogen-bond acceptors (Lipinski definition) is 4. The van der Waals surface area contributed by atoms with Crippen LogP contribution in [-0.4, -0.2) is 13.1 Å². The first kappa shape index (κ1) is 14.7. The molecule has 2 N–H and O–H groups in total. The number of methoxy groups -OCH3 is 1. The first-order valence-electron chi connectivity index (χ1n) is 5.37. The molecular formula is C12H18BrNO2S. The minimum Gasteiger partial charge on any atom is -0.469 e. The number of carbonyl (C=O) groups excluding carboxylic acids is 1. The van der Waals surface area contributed by atoms with Crippen molar-refractivity contribution < 1.29 is 9.53 Å². The molecule has 5 heteroatoms. The van der Waals surface area contributed by atoms with Gasteiger partial charge in [-0.3, -0.25) is 4.79 Å². The molecule has 0 aromatic carbocycles. The van der Waals surface area contributed by atoms with Gasteiger partial charge in [0, 0.05) is 10.9 Å². The fourth-order valence-corrected chi connectivity index (χ4v) is 3.25. The van der Waals surface area contributed by atoms with Gasteiger partial charge in [-0.15, -0.1) is 11.3 Å². The zero-order valence-corrected chi connectivity index (χ0v) is 12.9. The van der Waals surface area contributed by atoms with Gasteiger partial charge in [0.25, 0.3) is 0 Å². The highest BCUT2D eigenvalue weighted by molar-refractivity contribution is 9.11. The highest BCUT2D eigenvalue weighted by Gasteiger charge is 2.31. The lowest BCUT2D eigenvalue weighted by Gasteiger charge is -2.24. The van der Waals surface area contributed by atoms with Gasteiger partial charge in [-0.1, -0.05) is 0 Å². The predicted octanol–water partition coefficient (Wildman–Crippen LogP) is 3.41. The Morgan fingerprint density at radius 3 is 2.65 bits per heavy atom. The second kappa shape index (κ2) is 5.50. The van der Waals surface area contributed by atoms with Gasteiger partial charge in [0.15, 0.2) is 0 Å². The molecule has 0 aliphatic heterocycles. The molecule has 3 nitrogen and oxygen atoms in total. The van der Waals surface area contributed by atoms with Crippen molar-refractivity contribution in [2.75, 3.05) is 7.11 Å². The van der Waals surface area contributed by atoms with Crippen LogP contribution in [-0.2, 0) is 9.53 Å². The molecule has 0 radical (unpaired) electrons. The summed E-state index contributed by atoms with van der Waals surface area (Å²) >= 11 is 5.10. The van der Waals surface area contributed by atoms with Crippen molar-refractivity contribution in [2.45, 2.75) is 33.2 Å². The molecule has 96 valence electrons. The van der Waals surface area contributed by atoms with Crippen LogP contribution in [0.3, 0.4) is 0 Å². The maximum atomic E-state index is 11.6. The number of halogens is 1. The Balaban J connectivity index is 2.78.